The molecule has 0 aliphatic carbocycles. The molecule has 1 amide bonds. The molecule has 104 valence electrons. The van der Waals surface area contributed by atoms with Crippen molar-refractivity contribution in [1.82, 2.24) is 10.2 Å². The molecule has 0 radical (unpaired) electrons. The summed E-state index contributed by atoms with van der Waals surface area (Å²) in [4.78, 5) is 13.5. The second-order valence-electron chi connectivity index (χ2n) is 4.46. The van der Waals surface area contributed by atoms with Gasteiger partial charge in [-0.05, 0) is 25.9 Å². The van der Waals surface area contributed by atoms with Crippen molar-refractivity contribution in [2.75, 3.05) is 32.8 Å². The van der Waals surface area contributed by atoms with Crippen molar-refractivity contribution in [3.05, 3.63) is 0 Å². The van der Waals surface area contributed by atoms with Crippen LogP contribution in [0.3, 0.4) is 0 Å². The second kappa shape index (κ2) is 9.32. The normalized spacial score (nSPS) is 15.5. The maximum atomic E-state index is 12.0. The zero-order valence-corrected chi connectivity index (χ0v) is 11.1. The Morgan fingerprint density at radius 2 is 1.79 bits per heavy atom. The number of nitriles is 2. The summed E-state index contributed by atoms with van der Waals surface area (Å²) >= 11 is 0. The quantitative estimate of drug-likeness (QED) is 0.719. The average Bonchev–Trinajstić information content (AvgIpc) is 2.46. The van der Waals surface area contributed by atoms with Gasteiger partial charge in [-0.1, -0.05) is 0 Å². The molecule has 1 N–H and O–H groups in total. The van der Waals surface area contributed by atoms with Crippen molar-refractivity contribution in [1.29, 1.82) is 10.5 Å². The van der Waals surface area contributed by atoms with Gasteiger partial charge in [-0.2, -0.15) is 10.5 Å². The number of ether oxygens (including phenoxy) is 1. The molecule has 0 aromatic heterocycles. The van der Waals surface area contributed by atoms with Crippen LogP contribution in [0.2, 0.25) is 0 Å². The Kier molecular flexibility index (Phi) is 7.57. The maximum Gasteiger partial charge on any atom is 0.248 e. The highest BCUT2D eigenvalue weighted by Gasteiger charge is 2.18. The van der Waals surface area contributed by atoms with E-state index in [1.165, 1.54) is 4.90 Å². The maximum absolute atomic E-state index is 12.0. The molecule has 0 spiro atoms. The topological polar surface area (TPSA) is 89.2 Å². The molecule has 19 heavy (non-hydrogen) atoms. The Hall–Kier alpha value is -1.63. The molecular weight excluding hydrogens is 244 g/mol. The van der Waals surface area contributed by atoms with Crippen LogP contribution >= 0.6 is 0 Å². The third-order valence-electron chi connectivity index (χ3n) is 3.07. The van der Waals surface area contributed by atoms with Crippen molar-refractivity contribution >= 4 is 5.91 Å². The van der Waals surface area contributed by atoms with Crippen LogP contribution in [0.1, 0.15) is 25.7 Å². The zero-order valence-electron chi connectivity index (χ0n) is 11.1. The van der Waals surface area contributed by atoms with E-state index in [1.807, 2.05) is 12.1 Å². The molecule has 0 atom stereocenters. The van der Waals surface area contributed by atoms with Crippen LogP contribution in [0, 0.1) is 22.7 Å². The minimum Gasteiger partial charge on any atom is -0.368 e. The van der Waals surface area contributed by atoms with Crippen LogP contribution in [-0.2, 0) is 9.53 Å². The largest absolute Gasteiger partial charge is 0.368 e. The van der Waals surface area contributed by atoms with Crippen molar-refractivity contribution in [2.45, 2.75) is 31.8 Å². The molecule has 0 saturated carbocycles. The van der Waals surface area contributed by atoms with Gasteiger partial charge in [-0.25, -0.2) is 0 Å². The number of carbonyl (C=O) groups is 1. The van der Waals surface area contributed by atoms with Gasteiger partial charge in [0.25, 0.3) is 0 Å². The Balaban J connectivity index is 2.33. The van der Waals surface area contributed by atoms with Crippen LogP contribution in [0.15, 0.2) is 0 Å². The number of nitrogens with one attached hydrogen (secondary N) is 1. The van der Waals surface area contributed by atoms with E-state index in [2.05, 4.69) is 5.32 Å². The summed E-state index contributed by atoms with van der Waals surface area (Å²) in [5.74, 6) is -0.135. The second-order valence-corrected chi connectivity index (χ2v) is 4.46. The van der Waals surface area contributed by atoms with Crippen LogP contribution < -0.4 is 5.32 Å². The van der Waals surface area contributed by atoms with Gasteiger partial charge in [0, 0.05) is 13.1 Å². The SMILES string of the molecule is N#CCCN(CCC#N)C(=O)COC1CCNCC1. The Morgan fingerprint density at radius 3 is 2.32 bits per heavy atom. The molecule has 1 aliphatic rings. The minimum atomic E-state index is -0.135. The van der Waals surface area contributed by atoms with Gasteiger partial charge >= 0.3 is 0 Å². The van der Waals surface area contributed by atoms with Crippen LogP contribution in [0.4, 0.5) is 0 Å². The predicted octanol–water partition coefficient (Wildman–Crippen LogP) is 0.411. The summed E-state index contributed by atoms with van der Waals surface area (Å²) in [7, 11) is 0. The first-order valence-electron chi connectivity index (χ1n) is 6.62. The van der Waals surface area contributed by atoms with Crippen LogP contribution in [0.25, 0.3) is 0 Å². The van der Waals surface area contributed by atoms with Crippen molar-refractivity contribution in [3.63, 3.8) is 0 Å². The monoisotopic (exact) mass is 264 g/mol. The van der Waals surface area contributed by atoms with Gasteiger partial charge < -0.3 is 15.0 Å². The third kappa shape index (κ3) is 6.19. The zero-order chi connectivity index (χ0) is 13.9. The fourth-order valence-electron chi connectivity index (χ4n) is 1.97. The van der Waals surface area contributed by atoms with Crippen LogP contribution in [0.5, 0.6) is 0 Å². The highest BCUT2D eigenvalue weighted by molar-refractivity contribution is 5.77. The lowest BCUT2D eigenvalue weighted by molar-refractivity contribution is -0.138. The smallest absolute Gasteiger partial charge is 0.248 e. The summed E-state index contributed by atoms with van der Waals surface area (Å²) in [6.45, 7) is 2.62. The van der Waals surface area contributed by atoms with E-state index < -0.39 is 0 Å². The molecule has 0 bridgehead atoms. The Morgan fingerprint density at radius 1 is 1.21 bits per heavy atom. The van der Waals surface area contributed by atoms with E-state index in [1.54, 1.807) is 0 Å². The van der Waals surface area contributed by atoms with E-state index in [4.69, 9.17) is 15.3 Å². The lowest BCUT2D eigenvalue weighted by Crippen LogP contribution is -2.38. The summed E-state index contributed by atoms with van der Waals surface area (Å²) in [6, 6.07) is 4.02. The number of amides is 1. The fraction of sp³-hybridized carbons (Fsp3) is 0.769. The van der Waals surface area contributed by atoms with Crippen molar-refractivity contribution in [2.24, 2.45) is 0 Å². The molecular formula is C13H20N4O2. The molecule has 0 aromatic carbocycles. The van der Waals surface area contributed by atoms with Gasteiger partial charge in [-0.3, -0.25) is 4.79 Å². The Labute approximate surface area is 113 Å². The first kappa shape index (κ1) is 15.4. The lowest BCUT2D eigenvalue weighted by Gasteiger charge is -2.25. The molecule has 1 heterocycles. The summed E-state index contributed by atoms with van der Waals surface area (Å²) < 4.78 is 5.59. The average molecular weight is 264 g/mol. The molecule has 0 aromatic rings. The standard InChI is InChI=1S/C13H20N4O2/c14-5-1-9-17(10-2-6-15)13(18)11-19-12-3-7-16-8-4-12/h12,16H,1-4,7-11H2. The minimum absolute atomic E-state index is 0.0432. The molecule has 6 nitrogen and oxygen atoms in total. The predicted molar refractivity (Wildman–Crippen MR) is 68.9 cm³/mol. The molecule has 1 aliphatic heterocycles. The highest BCUT2D eigenvalue weighted by atomic mass is 16.5. The van der Waals surface area contributed by atoms with Gasteiger partial charge in [-0.15, -0.1) is 0 Å². The molecule has 1 rings (SSSR count). The van der Waals surface area contributed by atoms with Gasteiger partial charge in [0.2, 0.25) is 5.91 Å². The van der Waals surface area contributed by atoms with Crippen molar-refractivity contribution < 1.29 is 9.53 Å². The summed E-state index contributed by atoms with van der Waals surface area (Å²) in [6.07, 6.45) is 2.54. The molecule has 0 unspecified atom stereocenters. The highest BCUT2D eigenvalue weighted by Crippen LogP contribution is 2.07. The first-order chi connectivity index (χ1) is 9.27. The van der Waals surface area contributed by atoms with E-state index >= 15 is 0 Å². The van der Waals surface area contributed by atoms with E-state index in [0.717, 1.165) is 25.9 Å². The Bertz CT molecular complexity index is 335. The molecule has 1 saturated heterocycles. The molecule has 1 fully saturated rings. The number of hydrogen-bond acceptors (Lipinski definition) is 5. The van der Waals surface area contributed by atoms with Crippen molar-refractivity contribution in [3.8, 4) is 12.1 Å². The van der Waals surface area contributed by atoms with E-state index in [-0.39, 0.29) is 31.5 Å². The lowest BCUT2D eigenvalue weighted by atomic mass is 10.1. The van der Waals surface area contributed by atoms with E-state index in [0.29, 0.717) is 13.1 Å². The fourth-order valence-corrected chi connectivity index (χ4v) is 1.97. The first-order valence-corrected chi connectivity index (χ1v) is 6.62. The van der Waals surface area contributed by atoms with Gasteiger partial charge in [0.1, 0.15) is 6.61 Å². The van der Waals surface area contributed by atoms with E-state index in [9.17, 15) is 4.79 Å². The summed E-state index contributed by atoms with van der Waals surface area (Å²) in [5.41, 5.74) is 0. The van der Waals surface area contributed by atoms with Crippen LogP contribution in [-0.4, -0.2) is 49.7 Å². The summed E-state index contributed by atoms with van der Waals surface area (Å²) in [5, 5.41) is 20.4. The van der Waals surface area contributed by atoms with Gasteiger partial charge in [0.15, 0.2) is 0 Å². The number of hydrogen-bond donors (Lipinski definition) is 1. The third-order valence-corrected chi connectivity index (χ3v) is 3.07. The number of piperidine rings is 1. The van der Waals surface area contributed by atoms with Gasteiger partial charge in [0.05, 0.1) is 31.1 Å². The number of nitrogens with zero attached hydrogens (tertiary/aromatic N) is 3. The number of rotatable bonds is 7. The number of carbonyl (C=O) groups excluding carboxylic acids is 1. The molecule has 6 heteroatoms.